The molecule has 0 saturated heterocycles. The molecule has 3 aromatic carbocycles. The highest BCUT2D eigenvalue weighted by atomic mass is 16.5. The number of nitrogens with one attached hydrogen (secondary N) is 1. The third kappa shape index (κ3) is 3.85. The second-order valence-corrected chi connectivity index (χ2v) is 7.16. The summed E-state index contributed by atoms with van der Waals surface area (Å²) in [4.78, 5) is 30.7. The van der Waals surface area contributed by atoms with Crippen LogP contribution in [-0.2, 0) is 9.59 Å². The average Bonchev–Trinajstić information content (AvgIpc) is 3.23. The first-order chi connectivity index (χ1) is 15.2. The number of anilines is 2. The van der Waals surface area contributed by atoms with Crippen LogP contribution in [-0.4, -0.2) is 29.9 Å². The molecule has 154 valence electrons. The number of para-hydroxylation sites is 4. The number of hydrogen-bond acceptors (Lipinski definition) is 5. The van der Waals surface area contributed by atoms with E-state index in [9.17, 15) is 9.59 Å². The van der Waals surface area contributed by atoms with E-state index in [1.807, 2.05) is 60.7 Å². The van der Waals surface area contributed by atoms with Gasteiger partial charge in [-0.1, -0.05) is 24.3 Å². The lowest BCUT2D eigenvalue weighted by atomic mass is 10.2. The minimum absolute atomic E-state index is 0.0179. The molecule has 0 fully saturated rings. The van der Waals surface area contributed by atoms with E-state index in [-0.39, 0.29) is 31.4 Å². The monoisotopic (exact) mass is 413 g/mol. The van der Waals surface area contributed by atoms with E-state index in [0.29, 0.717) is 23.0 Å². The van der Waals surface area contributed by atoms with Crippen molar-refractivity contribution in [3.8, 4) is 17.2 Å². The smallest absolute Gasteiger partial charge is 0.265 e. The molecule has 0 atom stereocenters. The van der Waals surface area contributed by atoms with Crippen LogP contribution < -0.4 is 15.0 Å². The van der Waals surface area contributed by atoms with Crippen LogP contribution in [0.3, 0.4) is 0 Å². The fourth-order valence-electron chi connectivity index (χ4n) is 3.53. The van der Waals surface area contributed by atoms with E-state index in [0.717, 1.165) is 16.7 Å². The number of ether oxygens (including phenoxy) is 1. The van der Waals surface area contributed by atoms with Crippen LogP contribution in [0.5, 0.6) is 5.75 Å². The van der Waals surface area contributed by atoms with Crippen molar-refractivity contribution in [2.75, 3.05) is 23.4 Å². The van der Waals surface area contributed by atoms with Crippen molar-refractivity contribution in [1.82, 2.24) is 4.98 Å². The predicted molar refractivity (Wildman–Crippen MR) is 117 cm³/mol. The standard InChI is InChI=1S/C24H19N3O4/c28-22(13-14-27-19-6-2-4-8-21(19)30-15-23(27)29)25-17-11-9-16(10-12-17)24-26-18-5-1-3-7-20(18)31-24/h1-12H,13-15H2,(H,25,28). The number of rotatable bonds is 5. The summed E-state index contributed by atoms with van der Waals surface area (Å²) in [5.74, 6) is 0.849. The Labute approximate surface area is 178 Å². The number of fused-ring (bicyclic) bond motifs is 2. The van der Waals surface area contributed by atoms with Gasteiger partial charge in [0.05, 0.1) is 5.69 Å². The fraction of sp³-hybridized carbons (Fsp3) is 0.125. The van der Waals surface area contributed by atoms with Crippen molar-refractivity contribution >= 4 is 34.3 Å². The van der Waals surface area contributed by atoms with Crippen LogP contribution in [0.25, 0.3) is 22.6 Å². The largest absolute Gasteiger partial charge is 0.482 e. The van der Waals surface area contributed by atoms with Gasteiger partial charge >= 0.3 is 0 Å². The first-order valence-corrected chi connectivity index (χ1v) is 9.95. The Hall–Kier alpha value is -4.13. The van der Waals surface area contributed by atoms with Gasteiger partial charge in [-0.25, -0.2) is 4.98 Å². The Morgan fingerprint density at radius 1 is 1.00 bits per heavy atom. The average molecular weight is 413 g/mol. The molecule has 0 aliphatic carbocycles. The summed E-state index contributed by atoms with van der Waals surface area (Å²) in [6.07, 6.45) is 0.174. The molecule has 31 heavy (non-hydrogen) atoms. The van der Waals surface area contributed by atoms with Crippen LogP contribution in [0.15, 0.2) is 77.2 Å². The highest BCUT2D eigenvalue weighted by Gasteiger charge is 2.25. The minimum atomic E-state index is -0.175. The lowest BCUT2D eigenvalue weighted by molar-refractivity contribution is -0.121. The van der Waals surface area contributed by atoms with E-state index >= 15 is 0 Å². The lowest BCUT2D eigenvalue weighted by Crippen LogP contribution is -2.40. The Morgan fingerprint density at radius 2 is 1.77 bits per heavy atom. The molecule has 1 aliphatic heterocycles. The van der Waals surface area contributed by atoms with Gasteiger partial charge < -0.3 is 19.4 Å². The fourth-order valence-corrected chi connectivity index (χ4v) is 3.53. The van der Waals surface area contributed by atoms with Crippen molar-refractivity contribution in [2.24, 2.45) is 0 Å². The number of amides is 2. The number of benzene rings is 3. The topological polar surface area (TPSA) is 84.7 Å². The molecule has 0 bridgehead atoms. The van der Waals surface area contributed by atoms with E-state index in [1.54, 1.807) is 17.0 Å². The molecular formula is C24H19N3O4. The van der Waals surface area contributed by atoms with Crippen molar-refractivity contribution < 1.29 is 18.7 Å². The number of oxazole rings is 1. The first-order valence-electron chi connectivity index (χ1n) is 9.95. The summed E-state index contributed by atoms with van der Waals surface area (Å²) >= 11 is 0. The molecule has 0 saturated carbocycles. The maximum absolute atomic E-state index is 12.4. The number of aromatic nitrogens is 1. The maximum atomic E-state index is 12.4. The molecule has 5 rings (SSSR count). The molecular weight excluding hydrogens is 394 g/mol. The summed E-state index contributed by atoms with van der Waals surface area (Å²) in [6, 6.07) is 22.2. The molecule has 0 unspecified atom stereocenters. The zero-order valence-electron chi connectivity index (χ0n) is 16.6. The number of nitrogens with zero attached hydrogens (tertiary/aromatic N) is 2. The molecule has 4 aromatic rings. The summed E-state index contributed by atoms with van der Waals surface area (Å²) in [5.41, 5.74) is 3.71. The highest BCUT2D eigenvalue weighted by molar-refractivity contribution is 5.99. The zero-order valence-corrected chi connectivity index (χ0v) is 16.6. The molecule has 0 spiro atoms. The second-order valence-electron chi connectivity index (χ2n) is 7.16. The molecule has 1 aromatic heterocycles. The summed E-state index contributed by atoms with van der Waals surface area (Å²) < 4.78 is 11.2. The third-order valence-corrected chi connectivity index (χ3v) is 5.08. The highest BCUT2D eigenvalue weighted by Crippen LogP contribution is 2.31. The molecule has 7 nitrogen and oxygen atoms in total. The summed E-state index contributed by atoms with van der Waals surface area (Å²) in [6.45, 7) is 0.266. The van der Waals surface area contributed by atoms with Gasteiger partial charge in [0.25, 0.3) is 5.91 Å². The Morgan fingerprint density at radius 3 is 2.61 bits per heavy atom. The van der Waals surface area contributed by atoms with E-state index in [4.69, 9.17) is 9.15 Å². The van der Waals surface area contributed by atoms with Crippen LogP contribution in [0, 0.1) is 0 Å². The Balaban J connectivity index is 1.22. The van der Waals surface area contributed by atoms with Crippen LogP contribution >= 0.6 is 0 Å². The normalized spacial score (nSPS) is 13.0. The van der Waals surface area contributed by atoms with Crippen molar-refractivity contribution in [3.63, 3.8) is 0 Å². The minimum Gasteiger partial charge on any atom is -0.482 e. The van der Waals surface area contributed by atoms with Gasteiger partial charge in [-0.2, -0.15) is 0 Å². The Bertz CT molecular complexity index is 1230. The molecule has 2 heterocycles. The molecule has 7 heteroatoms. The number of carbonyl (C=O) groups excluding carboxylic acids is 2. The molecule has 2 amide bonds. The predicted octanol–water partition coefficient (Wildman–Crippen LogP) is 4.25. The Kier molecular flexibility index (Phi) is 4.84. The summed E-state index contributed by atoms with van der Waals surface area (Å²) in [7, 11) is 0. The van der Waals surface area contributed by atoms with Crippen LogP contribution in [0.4, 0.5) is 11.4 Å². The molecule has 1 aliphatic rings. The maximum Gasteiger partial charge on any atom is 0.265 e. The molecule has 0 radical (unpaired) electrons. The van der Waals surface area contributed by atoms with Crippen molar-refractivity contribution in [3.05, 3.63) is 72.8 Å². The quantitative estimate of drug-likeness (QED) is 0.529. The van der Waals surface area contributed by atoms with E-state index in [1.165, 1.54) is 0 Å². The van der Waals surface area contributed by atoms with Gasteiger partial charge in [-0.05, 0) is 48.5 Å². The van der Waals surface area contributed by atoms with Crippen LogP contribution in [0.2, 0.25) is 0 Å². The van der Waals surface area contributed by atoms with Crippen molar-refractivity contribution in [1.29, 1.82) is 0 Å². The van der Waals surface area contributed by atoms with Gasteiger partial charge in [-0.15, -0.1) is 0 Å². The van der Waals surface area contributed by atoms with Gasteiger partial charge in [-0.3, -0.25) is 9.59 Å². The summed E-state index contributed by atoms with van der Waals surface area (Å²) in [5, 5.41) is 2.87. The third-order valence-electron chi connectivity index (χ3n) is 5.08. The lowest BCUT2D eigenvalue weighted by Gasteiger charge is -2.29. The van der Waals surface area contributed by atoms with Gasteiger partial charge in [0.15, 0.2) is 12.2 Å². The zero-order chi connectivity index (χ0) is 21.2. The van der Waals surface area contributed by atoms with Crippen LogP contribution in [0.1, 0.15) is 6.42 Å². The van der Waals surface area contributed by atoms with E-state index in [2.05, 4.69) is 10.3 Å². The first kappa shape index (κ1) is 18.9. The molecule has 1 N–H and O–H groups in total. The van der Waals surface area contributed by atoms with Gasteiger partial charge in [0.2, 0.25) is 11.8 Å². The van der Waals surface area contributed by atoms with Gasteiger partial charge in [0.1, 0.15) is 11.3 Å². The second kappa shape index (κ2) is 7.95. The number of hydrogen-bond donors (Lipinski definition) is 1. The van der Waals surface area contributed by atoms with Gasteiger partial charge in [0, 0.05) is 24.2 Å². The number of carbonyl (C=O) groups is 2. The van der Waals surface area contributed by atoms with Crippen molar-refractivity contribution in [2.45, 2.75) is 6.42 Å². The van der Waals surface area contributed by atoms with E-state index < -0.39 is 0 Å². The SMILES string of the molecule is O=C(CCN1C(=O)COc2ccccc21)Nc1ccc(-c2nc3ccccc3o2)cc1.